The number of aromatic hydroxyl groups is 1. The number of hydrogen-bond donors (Lipinski definition) is 15. The van der Waals surface area contributed by atoms with Gasteiger partial charge in [0.2, 0.25) is 65.0 Å². The molecule has 1 fully saturated rings. The van der Waals surface area contributed by atoms with E-state index in [-0.39, 0.29) is 82.5 Å². The highest BCUT2D eigenvalue weighted by Gasteiger charge is 2.41. The van der Waals surface area contributed by atoms with Crippen LogP contribution in [0.25, 0.3) is 21.7 Å². The largest absolute Gasteiger partial charge is 0.508 e. The lowest BCUT2D eigenvalue weighted by Gasteiger charge is -2.31. The third kappa shape index (κ3) is 23.5. The molecule has 8 rings (SSSR count). The lowest BCUT2D eigenvalue weighted by Crippen LogP contribution is -2.61. The number of phenols is 1. The molecule has 105 heavy (non-hydrogen) atoms. The number of likely N-dealkylation sites (tertiary alicyclic amines) is 1. The number of amides is 13. The number of nitrogens with one attached hydrogen (secondary N) is 11. The molecule has 0 saturated carbocycles. The number of pyridine rings is 1. The first-order valence-electron chi connectivity index (χ1n) is 34.6. The second kappa shape index (κ2) is 38.2. The van der Waals surface area contributed by atoms with Crippen molar-refractivity contribution in [1.82, 2.24) is 68.0 Å². The Balaban J connectivity index is 1.05. The normalized spacial score (nSPS) is 15.2. The smallest absolute Gasteiger partial charge is 0.312 e. The van der Waals surface area contributed by atoms with Gasteiger partial charge in [0.05, 0.1) is 6.61 Å². The van der Waals surface area contributed by atoms with Crippen LogP contribution in [0, 0.1) is 5.92 Å². The van der Waals surface area contributed by atoms with Gasteiger partial charge in [0.1, 0.15) is 66.2 Å². The maximum absolute atomic E-state index is 15.1. The fraction of sp³-hybridized carbons (Fsp3) is 0.373. The molecule has 1 saturated heterocycles. The third-order valence-electron chi connectivity index (χ3n) is 17.8. The minimum atomic E-state index is -1.85. The number of nitrogens with zero attached hydrogens (tertiary/aromatic N) is 2. The van der Waals surface area contributed by atoms with Crippen LogP contribution < -0.4 is 64.6 Å². The van der Waals surface area contributed by atoms with Gasteiger partial charge in [-0.1, -0.05) is 116 Å². The first-order chi connectivity index (χ1) is 50.2. The molecule has 0 bridgehead atoms. The van der Waals surface area contributed by atoms with E-state index in [0.29, 0.717) is 50.2 Å². The minimum absolute atomic E-state index is 0.00332. The van der Waals surface area contributed by atoms with Crippen molar-refractivity contribution >= 4 is 104 Å². The molecular formula is C75H90ClN15O14. The molecule has 1 aliphatic heterocycles. The predicted octanol–water partition coefficient (Wildman–Crippen LogP) is 1.95. The molecule has 29 nitrogen and oxygen atoms in total. The Bertz CT molecular complexity index is 4240. The summed E-state index contributed by atoms with van der Waals surface area (Å²) in [6.07, 6.45) is 4.24. The number of rotatable bonds is 36. The number of nitrogens with two attached hydrogens (primary N) is 2. The average molecular weight is 1460 g/mol. The SMILES string of the molecule is CC(=O)N[C@H](Cc1ccc2ccccc2c1)C(=O)N[C@H](Cc1ccc(Cl)cc1)C(=O)N[C@H](Cc1cccnc1)C(=O)N[C@@H](CO)C(=O)N[C@@H](Cc1ccc(O)cc1)C(=O)N[C@H](CCCNC(N)=O)C(=O)N[C@@H](Cc1c[nH]c2ccccc12)C(=O)N[C@@H](CC(C)C)C(=O)N1CCC[C@H]1C(=O)N[C@H](C)C(N)=O. The van der Waals surface area contributed by atoms with E-state index >= 15 is 14.4 Å². The van der Waals surface area contributed by atoms with E-state index in [1.165, 1.54) is 55.4 Å². The predicted molar refractivity (Wildman–Crippen MR) is 391 cm³/mol. The van der Waals surface area contributed by atoms with Gasteiger partial charge in [0.25, 0.3) is 0 Å². The number of aliphatic hydroxyl groups excluding tert-OH is 1. The number of carbonyl (C=O) groups excluding carboxylic acids is 12. The van der Waals surface area contributed by atoms with Gasteiger partial charge < -0.3 is 84.7 Å². The molecular weight excluding hydrogens is 1370 g/mol. The van der Waals surface area contributed by atoms with Gasteiger partial charge in [-0.15, -0.1) is 0 Å². The first-order valence-corrected chi connectivity index (χ1v) is 35.0. The minimum Gasteiger partial charge on any atom is -0.508 e. The number of aliphatic hydroxyl groups is 1. The van der Waals surface area contributed by atoms with Crippen LogP contribution >= 0.6 is 11.6 Å². The van der Waals surface area contributed by atoms with Gasteiger partial charge >= 0.3 is 6.03 Å². The van der Waals surface area contributed by atoms with Crippen LogP contribution in [0.2, 0.25) is 5.02 Å². The van der Waals surface area contributed by atoms with E-state index in [2.05, 4.69) is 63.1 Å². The highest BCUT2D eigenvalue weighted by atomic mass is 35.5. The summed E-state index contributed by atoms with van der Waals surface area (Å²) in [7, 11) is 0. The number of urea groups is 1. The fourth-order valence-corrected chi connectivity index (χ4v) is 12.5. The Morgan fingerprint density at radius 2 is 1.09 bits per heavy atom. The molecule has 2 aromatic heterocycles. The number of H-pyrrole nitrogens is 1. The Kier molecular flexibility index (Phi) is 28.8. The zero-order chi connectivity index (χ0) is 75.9. The molecule has 0 radical (unpaired) electrons. The molecule has 30 heteroatoms. The molecule has 5 aromatic carbocycles. The number of para-hydroxylation sites is 1. The summed E-state index contributed by atoms with van der Waals surface area (Å²) >= 11 is 6.24. The molecule has 556 valence electrons. The van der Waals surface area contributed by atoms with Crippen molar-refractivity contribution in [3.8, 4) is 5.75 Å². The molecule has 1 aliphatic rings. The quantitative estimate of drug-likeness (QED) is 0.0250. The van der Waals surface area contributed by atoms with E-state index in [1.54, 1.807) is 66.9 Å². The Morgan fingerprint density at radius 3 is 1.67 bits per heavy atom. The number of halogens is 1. The van der Waals surface area contributed by atoms with Crippen LogP contribution in [-0.4, -0.2) is 176 Å². The van der Waals surface area contributed by atoms with Crippen LogP contribution in [0.1, 0.15) is 87.6 Å². The Labute approximate surface area is 611 Å². The van der Waals surface area contributed by atoms with E-state index in [1.807, 2.05) is 56.3 Å². The number of benzene rings is 5. The summed E-state index contributed by atoms with van der Waals surface area (Å²) in [5.74, 6) is -9.37. The average Bonchev–Trinajstić information content (AvgIpc) is 1.73. The van der Waals surface area contributed by atoms with Crippen LogP contribution in [0.3, 0.4) is 0 Å². The van der Waals surface area contributed by atoms with Crippen molar-refractivity contribution in [1.29, 1.82) is 0 Å². The first kappa shape index (κ1) is 79.2. The van der Waals surface area contributed by atoms with Gasteiger partial charge in [-0.3, -0.25) is 57.7 Å². The monoisotopic (exact) mass is 1460 g/mol. The molecule has 0 spiro atoms. The number of aromatic nitrogens is 2. The Morgan fingerprint density at radius 1 is 0.571 bits per heavy atom. The van der Waals surface area contributed by atoms with Gasteiger partial charge in [-0.2, -0.15) is 0 Å². The number of carbonyl (C=O) groups is 12. The Hall–Kier alpha value is -11.5. The highest BCUT2D eigenvalue weighted by Crippen LogP contribution is 2.24. The van der Waals surface area contributed by atoms with Crippen LogP contribution in [0.4, 0.5) is 4.79 Å². The summed E-state index contributed by atoms with van der Waals surface area (Å²) in [5, 5.41) is 50.7. The summed E-state index contributed by atoms with van der Waals surface area (Å²) in [5.41, 5.74) is 14.1. The van der Waals surface area contributed by atoms with Crippen LogP contribution in [0.15, 0.2) is 146 Å². The number of primary amides is 2. The van der Waals surface area contributed by atoms with Crippen molar-refractivity contribution in [3.05, 3.63) is 179 Å². The molecule has 0 unspecified atom stereocenters. The zero-order valence-electron chi connectivity index (χ0n) is 58.6. The van der Waals surface area contributed by atoms with E-state index in [9.17, 15) is 53.4 Å². The molecule has 3 heterocycles. The van der Waals surface area contributed by atoms with E-state index < -0.39 is 138 Å². The molecule has 17 N–H and O–H groups in total. The summed E-state index contributed by atoms with van der Waals surface area (Å²) in [4.78, 5) is 177. The van der Waals surface area contributed by atoms with Crippen molar-refractivity contribution in [2.75, 3.05) is 19.7 Å². The standard InChI is InChI=1S/C75H90ClN15O14/c1-42(2)32-62(74(104)91-31-11-18-64(91)73(103)82-43(3)65(77)95)89-71(101)61(38-51-40-81-55-16-8-7-15-54(51)55)88-66(96)56(17-10-30-80-75(78)105)84-68(98)58(35-46-22-27-53(94)28-23-46)87-72(102)63(41-92)90-70(100)60(37-48-12-9-29-79-39-48)86-69(99)59(34-45-20-25-52(76)26-21-45)85-67(97)57(83-44(4)93)36-47-19-24-49-13-5-6-14-50(49)33-47/h5-9,12-16,19-29,33,39-40,42-43,56-64,81,92,94H,10-11,17-18,30-32,34-38,41H2,1-4H3,(H2,77,95)(H,82,103)(H,83,93)(H,84,98)(H,85,97)(H,86,99)(H,87,102)(H,88,96)(H,89,101)(H,90,100)(H3,78,80,105)/t43-,56-,57-,58+,59-,60-,61+,62+,63+,64+/m1/s1. The van der Waals surface area contributed by atoms with Gasteiger partial charge in [0.15, 0.2) is 0 Å². The lowest BCUT2D eigenvalue weighted by atomic mass is 9.99. The summed E-state index contributed by atoms with van der Waals surface area (Å²) in [6, 6.07) is 20.7. The molecule has 10 atom stereocenters. The van der Waals surface area contributed by atoms with Crippen molar-refractivity contribution in [3.63, 3.8) is 0 Å². The number of aromatic amines is 1. The fourth-order valence-electron chi connectivity index (χ4n) is 12.4. The third-order valence-corrected chi connectivity index (χ3v) is 18.1. The van der Waals surface area contributed by atoms with Gasteiger partial charge in [-0.25, -0.2) is 4.79 Å². The van der Waals surface area contributed by atoms with Crippen molar-refractivity contribution in [2.45, 2.75) is 152 Å². The topological polar surface area (TPSA) is 450 Å². The second-order valence-corrected chi connectivity index (χ2v) is 26.9. The lowest BCUT2D eigenvalue weighted by molar-refractivity contribution is -0.142. The van der Waals surface area contributed by atoms with E-state index in [0.717, 1.165) is 10.8 Å². The maximum atomic E-state index is 15.1. The summed E-state index contributed by atoms with van der Waals surface area (Å²) < 4.78 is 0. The number of phenolic OH excluding ortho intramolecular Hbond substituents is 1. The number of fused-ring (bicyclic) bond motifs is 2. The van der Waals surface area contributed by atoms with Crippen molar-refractivity contribution < 1.29 is 67.7 Å². The molecule has 13 amide bonds. The van der Waals surface area contributed by atoms with Crippen LogP contribution in [0.5, 0.6) is 5.75 Å². The maximum Gasteiger partial charge on any atom is 0.312 e. The number of hydrogen-bond acceptors (Lipinski definition) is 15. The molecule has 7 aromatic rings. The highest BCUT2D eigenvalue weighted by molar-refractivity contribution is 6.30. The van der Waals surface area contributed by atoms with E-state index in [4.69, 9.17) is 23.1 Å². The summed E-state index contributed by atoms with van der Waals surface area (Å²) in [6.45, 7) is 5.30. The van der Waals surface area contributed by atoms with Crippen LogP contribution in [-0.2, 0) is 84.8 Å². The van der Waals surface area contributed by atoms with Crippen molar-refractivity contribution in [2.24, 2.45) is 17.4 Å². The molecule has 0 aliphatic carbocycles. The van der Waals surface area contributed by atoms with Gasteiger partial charge in [-0.05, 0) is 120 Å². The van der Waals surface area contributed by atoms with Gasteiger partial charge in [0, 0.05) is 86.6 Å². The zero-order valence-corrected chi connectivity index (χ0v) is 59.4. The second-order valence-electron chi connectivity index (χ2n) is 26.5.